The second-order valence-corrected chi connectivity index (χ2v) is 7.70. The lowest BCUT2D eigenvalue weighted by Crippen LogP contribution is -2.53. The molecule has 0 aromatic carbocycles. The van der Waals surface area contributed by atoms with Crippen LogP contribution >= 0.6 is 24.8 Å². The quantitative estimate of drug-likeness (QED) is 0.828. The van der Waals surface area contributed by atoms with E-state index in [2.05, 4.69) is 14.8 Å². The highest BCUT2D eigenvalue weighted by Crippen LogP contribution is 2.42. The number of piperazine rings is 1. The molecule has 2 N–H and O–H groups in total. The summed E-state index contributed by atoms with van der Waals surface area (Å²) in [6, 6.07) is 6.34. The molecule has 1 aliphatic heterocycles. The molecular weight excluding hydrogens is 371 g/mol. The van der Waals surface area contributed by atoms with Gasteiger partial charge in [-0.15, -0.1) is 24.8 Å². The normalized spacial score (nSPS) is 30.8. The summed E-state index contributed by atoms with van der Waals surface area (Å²) >= 11 is 0. The van der Waals surface area contributed by atoms with Crippen LogP contribution in [-0.4, -0.2) is 48.0 Å². The number of halogens is 2. The number of nitrogens with two attached hydrogens (primary N) is 1. The van der Waals surface area contributed by atoms with E-state index in [1.807, 2.05) is 24.4 Å². The first-order chi connectivity index (χ1) is 11.7. The van der Waals surface area contributed by atoms with E-state index < -0.39 is 0 Å². The number of carbonyl (C=O) groups excluding carboxylic acids is 1. The number of rotatable bonds is 2. The molecule has 26 heavy (non-hydrogen) atoms. The molecule has 3 aliphatic rings. The van der Waals surface area contributed by atoms with E-state index in [0.29, 0.717) is 23.8 Å². The molecule has 2 bridgehead atoms. The molecule has 7 heteroatoms. The third-order valence-corrected chi connectivity index (χ3v) is 6.33. The number of aromatic nitrogens is 1. The van der Waals surface area contributed by atoms with Crippen molar-refractivity contribution in [2.45, 2.75) is 38.1 Å². The maximum absolute atomic E-state index is 13.0. The Hall–Kier alpha value is -1.04. The third-order valence-electron chi connectivity index (χ3n) is 6.33. The van der Waals surface area contributed by atoms with E-state index in [-0.39, 0.29) is 30.7 Å². The van der Waals surface area contributed by atoms with E-state index in [4.69, 9.17) is 5.73 Å². The largest absolute Gasteiger partial charge is 0.353 e. The topological polar surface area (TPSA) is 62.5 Å². The van der Waals surface area contributed by atoms with Crippen LogP contribution in [0.3, 0.4) is 0 Å². The lowest BCUT2D eigenvalue weighted by Gasteiger charge is -2.45. The first kappa shape index (κ1) is 21.3. The molecule has 3 fully saturated rings. The summed E-state index contributed by atoms with van der Waals surface area (Å²) in [4.78, 5) is 21.8. The minimum absolute atomic E-state index is 0. The monoisotopic (exact) mass is 400 g/mol. The van der Waals surface area contributed by atoms with Crippen molar-refractivity contribution in [3.8, 4) is 0 Å². The molecule has 146 valence electrons. The van der Waals surface area contributed by atoms with Gasteiger partial charge in [0.05, 0.1) is 0 Å². The van der Waals surface area contributed by atoms with Gasteiger partial charge in [0.25, 0.3) is 0 Å². The molecule has 2 heterocycles. The molecule has 4 rings (SSSR count). The number of fused-ring (bicyclic) bond motifs is 2. The van der Waals surface area contributed by atoms with Gasteiger partial charge in [-0.2, -0.15) is 0 Å². The Bertz CT molecular complexity index is 566. The molecule has 2 atom stereocenters. The van der Waals surface area contributed by atoms with Crippen molar-refractivity contribution < 1.29 is 4.79 Å². The average molecular weight is 401 g/mol. The summed E-state index contributed by atoms with van der Waals surface area (Å²) in [5.41, 5.74) is 6.37. The van der Waals surface area contributed by atoms with E-state index in [0.717, 1.165) is 44.8 Å². The molecule has 2 aliphatic carbocycles. The number of anilines is 1. The highest BCUT2D eigenvalue weighted by atomic mass is 35.5. The van der Waals surface area contributed by atoms with Crippen molar-refractivity contribution in [3.05, 3.63) is 24.4 Å². The van der Waals surface area contributed by atoms with Gasteiger partial charge in [0.1, 0.15) is 5.82 Å². The van der Waals surface area contributed by atoms with Gasteiger partial charge in [-0.1, -0.05) is 12.5 Å². The standard InChI is InChI=1S/C19H28N4O.2ClH/c20-18-14-4-3-5-15(18)13-16(12-14)19(24)23-10-8-22(9-11-23)17-6-1-2-7-21-17;;/h1-2,6-7,14-16,18H,3-5,8-13,20H2;2*1H. The lowest BCUT2D eigenvalue weighted by molar-refractivity contribution is -0.138. The predicted octanol–water partition coefficient (Wildman–Crippen LogP) is 2.73. The molecule has 1 saturated heterocycles. The van der Waals surface area contributed by atoms with Crippen LogP contribution in [-0.2, 0) is 4.79 Å². The first-order valence-corrected chi connectivity index (χ1v) is 9.42. The molecule has 1 amide bonds. The van der Waals surface area contributed by atoms with Gasteiger partial charge in [0, 0.05) is 44.3 Å². The minimum Gasteiger partial charge on any atom is -0.353 e. The summed E-state index contributed by atoms with van der Waals surface area (Å²) in [5, 5.41) is 0. The Balaban J connectivity index is 0.00000121. The lowest BCUT2D eigenvalue weighted by atomic mass is 9.65. The van der Waals surface area contributed by atoms with Gasteiger partial charge in [-0.3, -0.25) is 4.79 Å². The predicted molar refractivity (Wildman–Crippen MR) is 109 cm³/mol. The smallest absolute Gasteiger partial charge is 0.225 e. The number of amides is 1. The Kier molecular flexibility index (Phi) is 7.56. The average Bonchev–Trinajstić information content (AvgIpc) is 2.62. The van der Waals surface area contributed by atoms with Gasteiger partial charge in [-0.25, -0.2) is 4.98 Å². The fourth-order valence-corrected chi connectivity index (χ4v) is 4.95. The van der Waals surface area contributed by atoms with Crippen LogP contribution in [0, 0.1) is 17.8 Å². The summed E-state index contributed by atoms with van der Waals surface area (Å²) < 4.78 is 0. The number of nitrogens with zero attached hydrogens (tertiary/aromatic N) is 3. The Morgan fingerprint density at radius 1 is 1.04 bits per heavy atom. The third kappa shape index (κ3) is 4.26. The zero-order chi connectivity index (χ0) is 16.5. The van der Waals surface area contributed by atoms with Crippen molar-refractivity contribution >= 4 is 36.5 Å². The molecule has 2 unspecified atom stereocenters. The van der Waals surface area contributed by atoms with Crippen LogP contribution in [0.25, 0.3) is 0 Å². The summed E-state index contributed by atoms with van der Waals surface area (Å²) in [5.74, 6) is 2.74. The molecule has 1 aromatic rings. The Morgan fingerprint density at radius 2 is 1.69 bits per heavy atom. The molecule has 0 spiro atoms. The minimum atomic E-state index is 0. The second kappa shape index (κ2) is 9.25. The molecular formula is C19H30Cl2N4O. The van der Waals surface area contributed by atoms with Crippen molar-refractivity contribution in [3.63, 3.8) is 0 Å². The first-order valence-electron chi connectivity index (χ1n) is 9.42. The van der Waals surface area contributed by atoms with Gasteiger partial charge in [0.2, 0.25) is 5.91 Å². The number of hydrogen-bond donors (Lipinski definition) is 1. The van der Waals surface area contributed by atoms with Crippen molar-refractivity contribution in [1.82, 2.24) is 9.88 Å². The highest BCUT2D eigenvalue weighted by molar-refractivity contribution is 5.85. The summed E-state index contributed by atoms with van der Waals surface area (Å²) in [7, 11) is 0. The van der Waals surface area contributed by atoms with Gasteiger partial charge < -0.3 is 15.5 Å². The second-order valence-electron chi connectivity index (χ2n) is 7.70. The number of pyridine rings is 1. The SMILES string of the molecule is Cl.Cl.NC1C2CCCC1CC(C(=O)N1CCN(c3ccccn3)CC1)C2. The zero-order valence-electron chi connectivity index (χ0n) is 15.1. The van der Waals surface area contributed by atoms with Crippen LogP contribution < -0.4 is 10.6 Å². The summed E-state index contributed by atoms with van der Waals surface area (Å²) in [6.45, 7) is 3.38. The maximum atomic E-state index is 13.0. The molecule has 2 saturated carbocycles. The van der Waals surface area contributed by atoms with Gasteiger partial charge in [0.15, 0.2) is 0 Å². The van der Waals surface area contributed by atoms with Crippen LogP contribution in [0.2, 0.25) is 0 Å². The maximum Gasteiger partial charge on any atom is 0.225 e. The van der Waals surface area contributed by atoms with Crippen LogP contribution in [0.5, 0.6) is 0 Å². The zero-order valence-corrected chi connectivity index (χ0v) is 16.8. The number of carbonyl (C=O) groups is 1. The van der Waals surface area contributed by atoms with Crippen LogP contribution in [0.4, 0.5) is 5.82 Å². The highest BCUT2D eigenvalue weighted by Gasteiger charge is 2.41. The van der Waals surface area contributed by atoms with E-state index in [1.54, 1.807) is 0 Å². The van der Waals surface area contributed by atoms with Crippen LogP contribution in [0.15, 0.2) is 24.4 Å². The van der Waals surface area contributed by atoms with E-state index >= 15 is 0 Å². The van der Waals surface area contributed by atoms with Gasteiger partial charge >= 0.3 is 0 Å². The van der Waals surface area contributed by atoms with Crippen molar-refractivity contribution in [2.75, 3.05) is 31.1 Å². The number of hydrogen-bond acceptors (Lipinski definition) is 4. The van der Waals surface area contributed by atoms with E-state index in [1.165, 1.54) is 19.3 Å². The Labute approximate surface area is 168 Å². The fourth-order valence-electron chi connectivity index (χ4n) is 4.95. The van der Waals surface area contributed by atoms with E-state index in [9.17, 15) is 4.79 Å². The molecule has 5 nitrogen and oxygen atoms in total. The van der Waals surface area contributed by atoms with Crippen molar-refractivity contribution in [1.29, 1.82) is 0 Å². The van der Waals surface area contributed by atoms with Gasteiger partial charge in [-0.05, 0) is 49.7 Å². The summed E-state index contributed by atoms with van der Waals surface area (Å²) in [6.07, 6.45) is 7.58. The Morgan fingerprint density at radius 3 is 2.27 bits per heavy atom. The van der Waals surface area contributed by atoms with Crippen molar-refractivity contribution in [2.24, 2.45) is 23.5 Å². The molecule has 0 radical (unpaired) electrons. The fraction of sp³-hybridized carbons (Fsp3) is 0.684. The van der Waals surface area contributed by atoms with Crippen LogP contribution in [0.1, 0.15) is 32.1 Å². The molecule has 1 aromatic heterocycles.